The maximum atomic E-state index is 8.53. The summed E-state index contributed by atoms with van der Waals surface area (Å²) in [5, 5.41) is 12.5. The van der Waals surface area contributed by atoms with Gasteiger partial charge in [0.2, 0.25) is 0 Å². The van der Waals surface area contributed by atoms with E-state index in [-0.39, 0.29) is 5.84 Å². The first-order valence-corrected chi connectivity index (χ1v) is 4.83. The van der Waals surface area contributed by atoms with Gasteiger partial charge in [-0.15, -0.1) is 0 Å². The highest BCUT2D eigenvalue weighted by Crippen LogP contribution is 2.23. The summed E-state index contributed by atoms with van der Waals surface area (Å²) in [5.74, 6) is 0.123. The molecule has 5 heteroatoms. The van der Waals surface area contributed by atoms with Crippen LogP contribution < -0.4 is 5.73 Å². The third-order valence-corrected chi connectivity index (χ3v) is 2.97. The van der Waals surface area contributed by atoms with Crippen molar-refractivity contribution in [3.8, 4) is 0 Å². The molecule has 0 spiro atoms. The van der Waals surface area contributed by atoms with Crippen LogP contribution in [0.25, 0.3) is 10.1 Å². The Morgan fingerprint density at radius 1 is 1.57 bits per heavy atom. The lowest BCUT2D eigenvalue weighted by molar-refractivity contribution is 0.318. The number of fused-ring (bicyclic) bond motifs is 1. The number of aromatic nitrogens is 1. The van der Waals surface area contributed by atoms with Crippen molar-refractivity contribution in [2.24, 2.45) is 10.9 Å². The average molecular weight is 207 g/mol. The van der Waals surface area contributed by atoms with Crippen LogP contribution in [0.5, 0.6) is 0 Å². The Balaban J connectivity index is 2.66. The molecule has 0 fully saturated rings. The molecular formula is C9H9N3OS. The standard InChI is InChI=1S/C9H9N3OS/c1-5-7-4-6(9(10)11-13)2-3-8(7)14-12-5/h2-4,13H,1H3,(H2,10,11). The highest BCUT2D eigenvalue weighted by Gasteiger charge is 2.05. The smallest absolute Gasteiger partial charge is 0.170 e. The first-order valence-electron chi connectivity index (χ1n) is 4.06. The molecule has 0 amide bonds. The molecule has 0 aliphatic heterocycles. The molecule has 0 radical (unpaired) electrons. The molecule has 0 aliphatic carbocycles. The van der Waals surface area contributed by atoms with Gasteiger partial charge >= 0.3 is 0 Å². The number of aryl methyl sites for hydroxylation is 1. The minimum Gasteiger partial charge on any atom is -0.409 e. The van der Waals surface area contributed by atoms with Crippen LogP contribution in [0.3, 0.4) is 0 Å². The summed E-state index contributed by atoms with van der Waals surface area (Å²) in [5.41, 5.74) is 7.17. The minimum absolute atomic E-state index is 0.123. The fourth-order valence-corrected chi connectivity index (χ4v) is 2.04. The number of nitrogens with two attached hydrogens (primary N) is 1. The average Bonchev–Trinajstić information content (AvgIpc) is 2.59. The molecule has 0 unspecified atom stereocenters. The van der Waals surface area contributed by atoms with Crippen LogP contribution in [-0.4, -0.2) is 15.4 Å². The van der Waals surface area contributed by atoms with Gasteiger partial charge in [-0.25, -0.2) is 0 Å². The lowest BCUT2D eigenvalue weighted by atomic mass is 10.1. The van der Waals surface area contributed by atoms with E-state index in [0.29, 0.717) is 5.56 Å². The van der Waals surface area contributed by atoms with Crippen molar-refractivity contribution in [2.45, 2.75) is 6.92 Å². The van der Waals surface area contributed by atoms with Gasteiger partial charge in [0.25, 0.3) is 0 Å². The summed E-state index contributed by atoms with van der Waals surface area (Å²) in [6, 6.07) is 5.62. The molecule has 0 atom stereocenters. The van der Waals surface area contributed by atoms with E-state index in [0.717, 1.165) is 15.8 Å². The number of oxime groups is 1. The number of benzene rings is 1. The monoisotopic (exact) mass is 207 g/mol. The molecule has 1 heterocycles. The van der Waals surface area contributed by atoms with Gasteiger partial charge < -0.3 is 10.9 Å². The van der Waals surface area contributed by atoms with Gasteiger partial charge in [0.05, 0.1) is 10.4 Å². The molecule has 1 aromatic heterocycles. The quantitative estimate of drug-likeness (QED) is 0.323. The van der Waals surface area contributed by atoms with Gasteiger partial charge in [-0.2, -0.15) is 4.37 Å². The summed E-state index contributed by atoms with van der Waals surface area (Å²) >= 11 is 1.45. The van der Waals surface area contributed by atoms with Gasteiger partial charge in [-0.05, 0) is 36.7 Å². The highest BCUT2D eigenvalue weighted by molar-refractivity contribution is 7.13. The van der Waals surface area contributed by atoms with Gasteiger partial charge in [-0.1, -0.05) is 5.16 Å². The normalized spacial score (nSPS) is 12.2. The van der Waals surface area contributed by atoms with Crippen LogP contribution in [0.15, 0.2) is 23.4 Å². The third kappa shape index (κ3) is 1.31. The number of rotatable bonds is 1. The number of nitrogens with zero attached hydrogens (tertiary/aromatic N) is 2. The zero-order valence-electron chi connectivity index (χ0n) is 7.56. The number of hydrogen-bond acceptors (Lipinski definition) is 4. The topological polar surface area (TPSA) is 71.5 Å². The van der Waals surface area contributed by atoms with E-state index in [1.807, 2.05) is 25.1 Å². The highest BCUT2D eigenvalue weighted by atomic mass is 32.1. The first-order chi connectivity index (χ1) is 6.72. The van der Waals surface area contributed by atoms with Crippen LogP contribution in [-0.2, 0) is 0 Å². The molecule has 4 nitrogen and oxygen atoms in total. The molecule has 72 valence electrons. The van der Waals surface area contributed by atoms with Crippen LogP contribution in [0.2, 0.25) is 0 Å². The van der Waals surface area contributed by atoms with Crippen LogP contribution >= 0.6 is 11.5 Å². The zero-order chi connectivity index (χ0) is 10.1. The molecule has 14 heavy (non-hydrogen) atoms. The molecule has 0 saturated carbocycles. The van der Waals surface area contributed by atoms with Crippen LogP contribution in [0.1, 0.15) is 11.3 Å². The van der Waals surface area contributed by atoms with E-state index in [1.165, 1.54) is 11.5 Å². The first kappa shape index (κ1) is 8.96. The van der Waals surface area contributed by atoms with E-state index in [1.54, 1.807) is 0 Å². The molecule has 3 N–H and O–H groups in total. The van der Waals surface area contributed by atoms with Gasteiger partial charge in [0, 0.05) is 10.9 Å². The van der Waals surface area contributed by atoms with Crippen molar-refractivity contribution in [1.82, 2.24) is 4.37 Å². The van der Waals surface area contributed by atoms with E-state index >= 15 is 0 Å². The van der Waals surface area contributed by atoms with Crippen LogP contribution in [0, 0.1) is 6.92 Å². The third-order valence-electron chi connectivity index (χ3n) is 2.05. The maximum Gasteiger partial charge on any atom is 0.170 e. The summed E-state index contributed by atoms with van der Waals surface area (Å²) in [6.07, 6.45) is 0. The van der Waals surface area contributed by atoms with Gasteiger partial charge in [0.1, 0.15) is 0 Å². The molecule has 0 aliphatic rings. The van der Waals surface area contributed by atoms with Crippen molar-refractivity contribution < 1.29 is 5.21 Å². The fourth-order valence-electron chi connectivity index (χ4n) is 1.28. The maximum absolute atomic E-state index is 8.53. The Hall–Kier alpha value is -1.62. The SMILES string of the molecule is Cc1nsc2ccc(/C(N)=N\O)cc12. The predicted octanol–water partition coefficient (Wildman–Crippen LogP) is 1.70. The molecular weight excluding hydrogens is 198 g/mol. The Kier molecular flexibility index (Phi) is 2.09. The second-order valence-corrected chi connectivity index (χ2v) is 3.77. The predicted molar refractivity (Wildman–Crippen MR) is 56.9 cm³/mol. The zero-order valence-corrected chi connectivity index (χ0v) is 8.38. The summed E-state index contributed by atoms with van der Waals surface area (Å²) < 4.78 is 5.33. The summed E-state index contributed by atoms with van der Waals surface area (Å²) in [7, 11) is 0. The molecule has 0 saturated heterocycles. The van der Waals surface area contributed by atoms with E-state index in [9.17, 15) is 0 Å². The lowest BCUT2D eigenvalue weighted by Crippen LogP contribution is -2.12. The molecule has 2 rings (SSSR count). The van der Waals surface area contributed by atoms with Crippen molar-refractivity contribution in [2.75, 3.05) is 0 Å². The molecule has 1 aromatic carbocycles. The van der Waals surface area contributed by atoms with Crippen molar-refractivity contribution >= 4 is 27.5 Å². The Bertz CT molecular complexity index is 504. The van der Waals surface area contributed by atoms with Crippen LogP contribution in [0.4, 0.5) is 0 Å². The second-order valence-electron chi connectivity index (χ2n) is 2.96. The largest absolute Gasteiger partial charge is 0.409 e. The molecule has 2 aromatic rings. The van der Waals surface area contributed by atoms with Crippen molar-refractivity contribution in [1.29, 1.82) is 0 Å². The Morgan fingerprint density at radius 3 is 3.07 bits per heavy atom. The minimum atomic E-state index is 0.123. The second kappa shape index (κ2) is 3.26. The Morgan fingerprint density at radius 2 is 2.36 bits per heavy atom. The van der Waals surface area contributed by atoms with E-state index < -0.39 is 0 Å². The summed E-state index contributed by atoms with van der Waals surface area (Å²) in [6.45, 7) is 1.94. The van der Waals surface area contributed by atoms with E-state index in [2.05, 4.69) is 9.53 Å². The summed E-state index contributed by atoms with van der Waals surface area (Å²) in [4.78, 5) is 0. The van der Waals surface area contributed by atoms with Gasteiger partial charge in [0.15, 0.2) is 5.84 Å². The molecule has 0 bridgehead atoms. The number of hydrogen-bond donors (Lipinski definition) is 2. The fraction of sp³-hybridized carbons (Fsp3) is 0.111. The van der Waals surface area contributed by atoms with Crippen molar-refractivity contribution in [3.63, 3.8) is 0 Å². The van der Waals surface area contributed by atoms with Gasteiger partial charge in [-0.3, -0.25) is 0 Å². The lowest BCUT2D eigenvalue weighted by Gasteiger charge is -1.98. The Labute approximate surface area is 84.8 Å². The van der Waals surface area contributed by atoms with Crippen molar-refractivity contribution in [3.05, 3.63) is 29.5 Å². The van der Waals surface area contributed by atoms with E-state index in [4.69, 9.17) is 10.9 Å². The number of amidine groups is 1.